The van der Waals surface area contributed by atoms with Crippen LogP contribution in [0, 0.1) is 0 Å². The number of aromatic nitrogens is 1. The molecule has 0 fully saturated rings. The van der Waals surface area contributed by atoms with Crippen LogP contribution < -0.4 is 16.0 Å². The molecule has 0 radical (unpaired) electrons. The van der Waals surface area contributed by atoms with Crippen molar-refractivity contribution in [3.63, 3.8) is 0 Å². The zero-order valence-corrected chi connectivity index (χ0v) is 38.4. The van der Waals surface area contributed by atoms with E-state index in [1.807, 2.05) is 48.5 Å². The summed E-state index contributed by atoms with van der Waals surface area (Å²) in [6.45, 7) is 13.7. The Bertz CT molecular complexity index is 2520. The smallest absolute Gasteiger partial charge is 0.419 e. The number of nitrogens with zero attached hydrogens (tertiary/aromatic N) is 4. The molecule has 19 heteroatoms. The summed E-state index contributed by atoms with van der Waals surface area (Å²) in [6, 6.07) is 17.3. The van der Waals surface area contributed by atoms with E-state index in [9.17, 15) is 39.1 Å². The number of carbonyl (C=O) groups is 7. The molecule has 0 bridgehead atoms. The van der Waals surface area contributed by atoms with E-state index in [0.29, 0.717) is 16.5 Å². The summed E-state index contributed by atoms with van der Waals surface area (Å²) in [5.41, 5.74) is 12.2. The molecule has 1 aliphatic rings. The number of ether oxygens (including phenoxy) is 5. The van der Waals surface area contributed by atoms with Crippen molar-refractivity contribution in [1.82, 2.24) is 20.5 Å². The molecule has 5 rings (SSSR count). The number of esters is 3. The van der Waals surface area contributed by atoms with Crippen LogP contribution in [0.15, 0.2) is 96.8 Å². The second-order valence-corrected chi connectivity index (χ2v) is 17.6. The maximum absolute atomic E-state index is 14.4. The highest BCUT2D eigenvalue weighted by Gasteiger charge is 2.37. The van der Waals surface area contributed by atoms with Gasteiger partial charge in [-0.05, 0) is 87.9 Å². The SMILES string of the molecule is C=CCOC(=O)CNC(=O)[C@@H](NC(=O)[C@H](CC(=O)OC(C)(C)C)N=[N+]=[N-])[C@@H](C)OC(=O)[C@H](Cc1cn(C(=O)OC(C)(C)C)c2ccccc12)NC(=O)OCC1c2ccccc2-c2ccccc21. The minimum absolute atomic E-state index is 0.102. The number of hydrogen-bond acceptors (Lipinski definition) is 13. The molecule has 1 aromatic heterocycles. The highest BCUT2D eigenvalue weighted by Crippen LogP contribution is 2.44. The number of fused-ring (bicyclic) bond motifs is 4. The van der Waals surface area contributed by atoms with E-state index in [0.717, 1.165) is 22.3 Å². The average molecular weight is 922 g/mol. The normalized spacial score (nSPS) is 13.8. The number of benzene rings is 3. The third kappa shape index (κ3) is 13.7. The summed E-state index contributed by atoms with van der Waals surface area (Å²) in [4.78, 5) is 96.6. The van der Waals surface area contributed by atoms with E-state index < -0.39 is 90.3 Å². The van der Waals surface area contributed by atoms with Crippen molar-refractivity contribution in [2.75, 3.05) is 19.8 Å². The van der Waals surface area contributed by atoms with E-state index >= 15 is 0 Å². The van der Waals surface area contributed by atoms with Crippen molar-refractivity contribution in [3.8, 4) is 11.1 Å². The van der Waals surface area contributed by atoms with Crippen molar-refractivity contribution < 1.29 is 57.2 Å². The molecule has 1 aliphatic carbocycles. The Kier molecular flexibility index (Phi) is 16.5. The van der Waals surface area contributed by atoms with Crippen molar-refractivity contribution in [1.29, 1.82) is 0 Å². The molecule has 1 heterocycles. The number of para-hydroxylation sites is 1. The maximum Gasteiger partial charge on any atom is 0.419 e. The Morgan fingerprint density at radius 2 is 1.43 bits per heavy atom. The van der Waals surface area contributed by atoms with Crippen LogP contribution in [0.3, 0.4) is 0 Å². The van der Waals surface area contributed by atoms with Crippen molar-refractivity contribution >= 4 is 52.8 Å². The molecular formula is C48H55N7O12. The number of hydrogen-bond donors (Lipinski definition) is 3. The quantitative estimate of drug-likeness (QED) is 0.0240. The van der Waals surface area contributed by atoms with Crippen LogP contribution in [0.5, 0.6) is 0 Å². The first-order chi connectivity index (χ1) is 31.7. The summed E-state index contributed by atoms with van der Waals surface area (Å²) in [6.07, 6.45) is -1.46. The predicted octanol–water partition coefficient (Wildman–Crippen LogP) is 6.55. The molecule has 354 valence electrons. The molecule has 0 spiro atoms. The number of nitrogens with one attached hydrogen (secondary N) is 3. The summed E-state index contributed by atoms with van der Waals surface area (Å²) in [5, 5.41) is 11.2. The Hall–Kier alpha value is -7.66. The van der Waals surface area contributed by atoms with Crippen molar-refractivity contribution in [3.05, 3.63) is 119 Å². The van der Waals surface area contributed by atoms with Crippen molar-refractivity contribution in [2.24, 2.45) is 5.11 Å². The van der Waals surface area contributed by atoms with Gasteiger partial charge in [-0.3, -0.25) is 23.7 Å². The lowest BCUT2D eigenvalue weighted by molar-refractivity contribution is -0.156. The van der Waals surface area contributed by atoms with E-state index in [1.165, 1.54) is 23.8 Å². The fourth-order valence-corrected chi connectivity index (χ4v) is 7.31. The lowest BCUT2D eigenvalue weighted by atomic mass is 9.98. The lowest BCUT2D eigenvalue weighted by Crippen LogP contribution is -2.57. The van der Waals surface area contributed by atoms with Crippen LogP contribution in [-0.2, 0) is 54.1 Å². The highest BCUT2D eigenvalue weighted by molar-refractivity contribution is 5.95. The van der Waals surface area contributed by atoms with E-state index in [4.69, 9.17) is 23.7 Å². The van der Waals surface area contributed by atoms with E-state index in [-0.39, 0.29) is 25.6 Å². The molecule has 3 N–H and O–H groups in total. The molecule has 0 unspecified atom stereocenters. The van der Waals surface area contributed by atoms with Crippen LogP contribution >= 0.6 is 0 Å². The third-order valence-electron chi connectivity index (χ3n) is 10.1. The topological polar surface area (TPSA) is 255 Å². The van der Waals surface area contributed by atoms with Gasteiger partial charge < -0.3 is 39.6 Å². The first-order valence-corrected chi connectivity index (χ1v) is 21.4. The molecule has 0 saturated heterocycles. The number of azide groups is 1. The molecule has 3 aromatic carbocycles. The number of rotatable bonds is 18. The van der Waals surface area contributed by atoms with Crippen LogP contribution in [0.25, 0.3) is 32.5 Å². The first-order valence-electron chi connectivity index (χ1n) is 21.4. The van der Waals surface area contributed by atoms with Crippen molar-refractivity contribution in [2.45, 2.75) is 103 Å². The van der Waals surface area contributed by atoms with Gasteiger partial charge in [0.15, 0.2) is 0 Å². The zero-order chi connectivity index (χ0) is 49.1. The molecule has 0 aliphatic heterocycles. The molecular weight excluding hydrogens is 867 g/mol. The second kappa shape index (κ2) is 22.0. The van der Waals surface area contributed by atoms with Crippen LogP contribution in [0.4, 0.5) is 9.59 Å². The second-order valence-electron chi connectivity index (χ2n) is 17.6. The van der Waals surface area contributed by atoms with Crippen LogP contribution in [0.2, 0.25) is 0 Å². The Morgan fingerprint density at radius 3 is 2.04 bits per heavy atom. The van der Waals surface area contributed by atoms with Gasteiger partial charge in [0.25, 0.3) is 0 Å². The Morgan fingerprint density at radius 1 is 0.821 bits per heavy atom. The third-order valence-corrected chi connectivity index (χ3v) is 10.1. The number of carbonyl (C=O) groups excluding carboxylic acids is 7. The highest BCUT2D eigenvalue weighted by atomic mass is 16.6. The molecule has 4 atom stereocenters. The van der Waals surface area contributed by atoms with Crippen LogP contribution in [0.1, 0.15) is 77.5 Å². The molecule has 4 aromatic rings. The largest absolute Gasteiger partial charge is 0.460 e. The minimum atomic E-state index is -1.79. The lowest BCUT2D eigenvalue weighted by Gasteiger charge is -2.27. The summed E-state index contributed by atoms with van der Waals surface area (Å²) in [5.74, 6) is -5.34. The monoisotopic (exact) mass is 921 g/mol. The maximum atomic E-state index is 14.4. The van der Waals surface area contributed by atoms with Gasteiger partial charge in [0.1, 0.15) is 55.2 Å². The number of amides is 3. The first kappa shape index (κ1) is 50.3. The van der Waals surface area contributed by atoms with Crippen LogP contribution in [-0.4, -0.2) is 102 Å². The zero-order valence-electron chi connectivity index (χ0n) is 38.4. The fourth-order valence-electron chi connectivity index (χ4n) is 7.31. The predicted molar refractivity (Wildman–Crippen MR) is 244 cm³/mol. The van der Waals surface area contributed by atoms with Gasteiger partial charge in [0.2, 0.25) is 11.8 Å². The van der Waals surface area contributed by atoms with E-state index in [2.05, 4.69) is 32.6 Å². The molecule has 0 saturated carbocycles. The van der Waals surface area contributed by atoms with Gasteiger partial charge in [0, 0.05) is 28.8 Å². The average Bonchev–Trinajstić information content (AvgIpc) is 3.79. The Labute approximate surface area is 387 Å². The summed E-state index contributed by atoms with van der Waals surface area (Å²) in [7, 11) is 0. The molecule has 19 nitrogen and oxygen atoms in total. The van der Waals surface area contributed by atoms with Gasteiger partial charge in [-0.25, -0.2) is 14.4 Å². The molecule has 67 heavy (non-hydrogen) atoms. The van der Waals surface area contributed by atoms with Gasteiger partial charge in [-0.2, -0.15) is 0 Å². The van der Waals surface area contributed by atoms with Gasteiger partial charge >= 0.3 is 30.1 Å². The number of alkyl carbamates (subject to hydrolysis) is 1. The van der Waals surface area contributed by atoms with Gasteiger partial charge in [-0.1, -0.05) is 84.5 Å². The van der Waals surface area contributed by atoms with Gasteiger partial charge in [-0.15, -0.1) is 0 Å². The summed E-state index contributed by atoms with van der Waals surface area (Å²) < 4.78 is 28.7. The van der Waals surface area contributed by atoms with E-state index in [1.54, 1.807) is 65.8 Å². The summed E-state index contributed by atoms with van der Waals surface area (Å²) >= 11 is 0. The standard InChI is InChI=1S/C48H55N7O12/c1-9-22-63-40(57)25-50-43(59)41(52-42(58)36(53-54-49)24-39(56)66-47(3,4)5)28(2)65-44(60)37(23-29-26-55(46(62)67-48(6,7)8)38-21-15-14-16-30(29)38)51-45(61)64-27-35-33-19-12-10-17-31(33)32-18-11-13-20-34(32)35/h9-21,26,28,35-37,41H,1,22-25,27H2,2-8H3,(H,50,59)(H,51,61)(H,52,58)/t28-,36+,37+,41+/m1/s1. The minimum Gasteiger partial charge on any atom is -0.460 e. The molecule has 3 amide bonds. The fraction of sp³-hybridized carbons (Fsp3) is 0.396. The Balaban J connectivity index is 1.44. The van der Waals surface area contributed by atoms with Gasteiger partial charge in [0.05, 0.1) is 11.9 Å².